The van der Waals surface area contributed by atoms with Crippen molar-refractivity contribution in [1.82, 2.24) is 9.38 Å². The highest BCUT2D eigenvalue weighted by Crippen LogP contribution is 2.39. The molecular weight excluding hydrogens is 348 g/mol. The lowest BCUT2D eigenvalue weighted by atomic mass is 9.83. The van der Waals surface area contributed by atoms with Gasteiger partial charge >= 0.3 is 0 Å². The fourth-order valence-electron chi connectivity index (χ4n) is 4.18. The first-order valence-electron chi connectivity index (χ1n) is 9.61. The summed E-state index contributed by atoms with van der Waals surface area (Å²) in [4.78, 5) is 4.81. The molecule has 0 saturated heterocycles. The van der Waals surface area contributed by atoms with Gasteiger partial charge in [-0.05, 0) is 65.0 Å². The minimum Gasteiger partial charge on any atom is -0.369 e. The lowest BCUT2D eigenvalue weighted by Gasteiger charge is -2.30. The van der Waals surface area contributed by atoms with E-state index in [1.54, 1.807) is 6.07 Å². The molecule has 1 fully saturated rings. The quantitative estimate of drug-likeness (QED) is 0.726. The van der Waals surface area contributed by atoms with E-state index in [9.17, 15) is 14.0 Å². The maximum atomic E-state index is 13.6. The summed E-state index contributed by atoms with van der Waals surface area (Å²) in [5.41, 5.74) is 3.46. The fourth-order valence-corrected chi connectivity index (χ4v) is 4.18. The molecule has 0 aromatic carbocycles. The first-order chi connectivity index (χ1) is 12.7. The Kier molecular flexibility index (Phi) is 5.27. The predicted molar refractivity (Wildman–Crippen MR) is 99.9 cm³/mol. The zero-order valence-electron chi connectivity index (χ0n) is 16.5. The molecule has 0 N–H and O–H groups in total. The van der Waals surface area contributed by atoms with Crippen molar-refractivity contribution in [1.29, 1.82) is 5.26 Å². The van der Waals surface area contributed by atoms with Crippen molar-refractivity contribution in [2.24, 2.45) is 5.92 Å². The molecule has 1 aliphatic carbocycles. The number of ether oxygens (including phenoxy) is 1. The Morgan fingerprint density at radius 1 is 1.33 bits per heavy atom. The largest absolute Gasteiger partial charge is 0.369 e. The molecular formula is C21H27F2N3O. The van der Waals surface area contributed by atoms with E-state index in [0.717, 1.165) is 17.1 Å². The molecule has 0 spiro atoms. The Labute approximate surface area is 159 Å². The SMILES string of the molecule is CCOC(C)(C)c1nc2cc(C#N)cc(C)n2c1CC1CCC(F)(F)CC1. The Hall–Kier alpha value is -2.00. The van der Waals surface area contributed by atoms with E-state index in [1.807, 2.05) is 33.8 Å². The second-order valence-electron chi connectivity index (χ2n) is 8.04. The average molecular weight is 375 g/mol. The van der Waals surface area contributed by atoms with Gasteiger partial charge in [-0.1, -0.05) is 0 Å². The number of nitriles is 1. The van der Waals surface area contributed by atoms with Crippen molar-refractivity contribution < 1.29 is 13.5 Å². The van der Waals surface area contributed by atoms with Gasteiger partial charge in [0.25, 0.3) is 0 Å². The van der Waals surface area contributed by atoms with Crippen molar-refractivity contribution in [3.8, 4) is 6.07 Å². The highest BCUT2D eigenvalue weighted by atomic mass is 19.3. The van der Waals surface area contributed by atoms with E-state index in [1.165, 1.54) is 0 Å². The van der Waals surface area contributed by atoms with Gasteiger partial charge in [0.2, 0.25) is 5.92 Å². The van der Waals surface area contributed by atoms with Gasteiger partial charge in [-0.3, -0.25) is 0 Å². The summed E-state index contributed by atoms with van der Waals surface area (Å²) >= 11 is 0. The van der Waals surface area contributed by atoms with Gasteiger partial charge in [-0.15, -0.1) is 0 Å². The second-order valence-corrected chi connectivity index (χ2v) is 8.04. The molecule has 0 atom stereocenters. The van der Waals surface area contributed by atoms with Crippen molar-refractivity contribution in [3.63, 3.8) is 0 Å². The van der Waals surface area contributed by atoms with Crippen LogP contribution >= 0.6 is 0 Å². The molecule has 0 bridgehead atoms. The number of aromatic nitrogens is 2. The third-order valence-electron chi connectivity index (χ3n) is 5.52. The zero-order chi connectivity index (χ0) is 19.8. The number of halogens is 2. The average Bonchev–Trinajstić information content (AvgIpc) is 2.96. The van der Waals surface area contributed by atoms with E-state index >= 15 is 0 Å². The molecule has 4 nitrogen and oxygen atoms in total. The van der Waals surface area contributed by atoms with Crippen LogP contribution < -0.4 is 0 Å². The monoisotopic (exact) mass is 375 g/mol. The maximum Gasteiger partial charge on any atom is 0.248 e. The molecule has 2 aromatic rings. The lowest BCUT2D eigenvalue weighted by Crippen LogP contribution is -2.28. The molecule has 146 valence electrons. The number of imidazole rings is 1. The van der Waals surface area contributed by atoms with Crippen LogP contribution in [0.3, 0.4) is 0 Å². The number of fused-ring (bicyclic) bond motifs is 1. The number of aryl methyl sites for hydroxylation is 1. The molecule has 6 heteroatoms. The first-order valence-corrected chi connectivity index (χ1v) is 9.61. The Bertz CT molecular complexity index is 870. The van der Waals surface area contributed by atoms with Crippen LogP contribution in [-0.2, 0) is 16.8 Å². The van der Waals surface area contributed by atoms with E-state index < -0.39 is 11.5 Å². The van der Waals surface area contributed by atoms with Crippen LogP contribution in [0, 0.1) is 24.2 Å². The van der Waals surface area contributed by atoms with E-state index in [2.05, 4.69) is 10.5 Å². The molecule has 3 rings (SSSR count). The van der Waals surface area contributed by atoms with Crippen molar-refractivity contribution in [2.45, 2.75) is 71.3 Å². The second kappa shape index (κ2) is 7.20. The first kappa shape index (κ1) is 19.8. The third-order valence-corrected chi connectivity index (χ3v) is 5.52. The van der Waals surface area contributed by atoms with Crippen LogP contribution in [0.5, 0.6) is 0 Å². The summed E-state index contributed by atoms with van der Waals surface area (Å²) in [5.74, 6) is -2.32. The lowest BCUT2D eigenvalue weighted by molar-refractivity contribution is -0.0462. The van der Waals surface area contributed by atoms with Crippen LogP contribution in [0.25, 0.3) is 5.65 Å². The minimum atomic E-state index is -2.53. The number of nitrogens with zero attached hydrogens (tertiary/aromatic N) is 3. The van der Waals surface area contributed by atoms with E-state index in [-0.39, 0.29) is 18.8 Å². The van der Waals surface area contributed by atoms with Crippen molar-refractivity contribution >= 4 is 5.65 Å². The summed E-state index contributed by atoms with van der Waals surface area (Å²) in [7, 11) is 0. The van der Waals surface area contributed by atoms with Crippen molar-refractivity contribution in [2.75, 3.05) is 6.61 Å². The fraction of sp³-hybridized carbons (Fsp3) is 0.619. The van der Waals surface area contributed by atoms with Gasteiger partial charge in [0, 0.05) is 30.8 Å². The van der Waals surface area contributed by atoms with E-state index in [4.69, 9.17) is 9.72 Å². The number of alkyl halides is 2. The Morgan fingerprint density at radius 2 is 2.00 bits per heavy atom. The number of rotatable bonds is 5. The molecule has 2 heterocycles. The molecule has 27 heavy (non-hydrogen) atoms. The minimum absolute atomic E-state index is 0.0455. The van der Waals surface area contributed by atoms with Crippen LogP contribution in [-0.4, -0.2) is 21.9 Å². The smallest absolute Gasteiger partial charge is 0.248 e. The van der Waals surface area contributed by atoms with Gasteiger partial charge in [0.15, 0.2) is 0 Å². The summed E-state index contributed by atoms with van der Waals surface area (Å²) in [6.45, 7) is 8.41. The molecule has 1 aliphatic rings. The standard InChI is InChI=1S/C21H27F2N3O/c1-5-27-20(3,4)19-17(11-15-6-8-21(22,23)9-7-15)26-14(2)10-16(13-24)12-18(26)25-19/h10,12,15H,5-9,11H2,1-4H3. The van der Waals surface area contributed by atoms with Crippen LogP contribution in [0.1, 0.15) is 69.1 Å². The van der Waals surface area contributed by atoms with Crippen molar-refractivity contribution in [3.05, 3.63) is 34.8 Å². The normalized spacial score (nSPS) is 18.0. The molecule has 0 unspecified atom stereocenters. The summed E-state index contributed by atoms with van der Waals surface area (Å²) in [6, 6.07) is 5.79. The third kappa shape index (κ3) is 3.98. The zero-order valence-corrected chi connectivity index (χ0v) is 16.5. The Morgan fingerprint density at radius 3 is 2.59 bits per heavy atom. The molecule has 0 radical (unpaired) electrons. The molecule has 1 saturated carbocycles. The highest BCUT2D eigenvalue weighted by molar-refractivity contribution is 5.52. The van der Waals surface area contributed by atoms with Crippen LogP contribution in [0.15, 0.2) is 12.1 Å². The van der Waals surface area contributed by atoms with Gasteiger partial charge in [-0.25, -0.2) is 13.8 Å². The van der Waals surface area contributed by atoms with Gasteiger partial charge in [0.05, 0.1) is 17.3 Å². The topological polar surface area (TPSA) is 50.3 Å². The molecule has 0 aliphatic heterocycles. The number of hydrogen-bond donors (Lipinski definition) is 0. The maximum absolute atomic E-state index is 13.6. The number of pyridine rings is 1. The molecule has 2 aromatic heterocycles. The van der Waals surface area contributed by atoms with Crippen LogP contribution in [0.4, 0.5) is 8.78 Å². The van der Waals surface area contributed by atoms with Gasteiger partial charge in [0.1, 0.15) is 11.2 Å². The summed E-state index contributed by atoms with van der Waals surface area (Å²) in [6.07, 6.45) is 1.64. The highest BCUT2D eigenvalue weighted by Gasteiger charge is 2.37. The number of hydrogen-bond acceptors (Lipinski definition) is 3. The van der Waals surface area contributed by atoms with Crippen LogP contribution in [0.2, 0.25) is 0 Å². The van der Waals surface area contributed by atoms with E-state index in [0.29, 0.717) is 37.1 Å². The summed E-state index contributed by atoms with van der Waals surface area (Å²) in [5, 5.41) is 9.27. The Balaban J connectivity index is 2.06. The van der Waals surface area contributed by atoms with Gasteiger partial charge < -0.3 is 9.14 Å². The summed E-state index contributed by atoms with van der Waals surface area (Å²) < 4.78 is 35.1. The van der Waals surface area contributed by atoms with Gasteiger partial charge in [-0.2, -0.15) is 5.26 Å². The predicted octanol–water partition coefficient (Wildman–Crippen LogP) is 5.15. The molecule has 0 amide bonds.